The van der Waals surface area contributed by atoms with Crippen molar-refractivity contribution in [3.05, 3.63) is 44.8 Å². The summed E-state index contributed by atoms with van der Waals surface area (Å²) in [6.45, 7) is 1.10. The molecule has 0 amide bonds. The van der Waals surface area contributed by atoms with Crippen LogP contribution in [0.2, 0.25) is 0 Å². The van der Waals surface area contributed by atoms with Crippen LogP contribution < -0.4 is 11.3 Å². The van der Waals surface area contributed by atoms with Gasteiger partial charge in [0.2, 0.25) is 0 Å². The normalized spacial score (nSPS) is 13.9. The molecular formula is C17H15N7OS2. The number of nitrogens with two attached hydrogens (primary N) is 1. The highest BCUT2D eigenvalue weighted by Gasteiger charge is 2.19. The predicted molar refractivity (Wildman–Crippen MR) is 109 cm³/mol. The lowest BCUT2D eigenvalue weighted by molar-refractivity contribution is 0.650. The molecule has 27 heavy (non-hydrogen) atoms. The third-order valence-electron chi connectivity index (χ3n) is 4.49. The van der Waals surface area contributed by atoms with Gasteiger partial charge in [0, 0.05) is 35.6 Å². The number of aromatic nitrogens is 5. The summed E-state index contributed by atoms with van der Waals surface area (Å²) in [5, 5.41) is 6.67. The topological polar surface area (TPSA) is 104 Å². The van der Waals surface area contributed by atoms with Crippen LogP contribution in [0.5, 0.6) is 0 Å². The van der Waals surface area contributed by atoms with Crippen molar-refractivity contribution in [2.75, 3.05) is 12.3 Å². The average molecular weight is 397 g/mol. The molecule has 0 fully saturated rings. The fourth-order valence-electron chi connectivity index (χ4n) is 3.25. The van der Waals surface area contributed by atoms with Crippen LogP contribution in [0.15, 0.2) is 34.3 Å². The number of fused-ring (bicyclic) bond motifs is 3. The van der Waals surface area contributed by atoms with Crippen LogP contribution in [0.1, 0.15) is 9.88 Å². The number of nitrogens with zero attached hydrogens (tertiary/aromatic N) is 6. The van der Waals surface area contributed by atoms with Gasteiger partial charge in [-0.1, -0.05) is 6.08 Å². The lowest BCUT2D eigenvalue weighted by Crippen LogP contribution is -2.24. The summed E-state index contributed by atoms with van der Waals surface area (Å²) in [4.78, 5) is 27.1. The first kappa shape index (κ1) is 16.3. The minimum absolute atomic E-state index is 0.142. The fourth-order valence-corrected chi connectivity index (χ4v) is 5.03. The molecule has 5 heterocycles. The first-order valence-electron chi connectivity index (χ1n) is 8.34. The predicted octanol–water partition coefficient (Wildman–Crippen LogP) is 1.98. The first-order valence-corrected chi connectivity index (χ1v) is 9.97. The van der Waals surface area contributed by atoms with Crippen molar-refractivity contribution in [1.82, 2.24) is 24.3 Å². The zero-order chi connectivity index (χ0) is 18.5. The number of nitrogen functional groups attached to an aromatic ring is 1. The molecule has 2 N–H and O–H groups in total. The van der Waals surface area contributed by atoms with Crippen LogP contribution in [0.4, 0.5) is 5.13 Å². The molecule has 4 aromatic heterocycles. The highest BCUT2D eigenvalue weighted by atomic mass is 32.1. The SMILES string of the molecule is Cn1c2nc(CC3=NCC=C3)sc2c2cnn(Cc3cnc(N)s3)c(=O)c21. The number of anilines is 1. The molecule has 5 rings (SSSR count). The average Bonchev–Trinajstić information content (AvgIpc) is 3.40. The number of allylic oxidation sites excluding steroid dienone is 1. The summed E-state index contributed by atoms with van der Waals surface area (Å²) in [6.07, 6.45) is 8.22. The minimum Gasteiger partial charge on any atom is -0.375 e. The highest BCUT2D eigenvalue weighted by Crippen LogP contribution is 2.31. The molecule has 0 radical (unpaired) electrons. The Morgan fingerprint density at radius 1 is 1.30 bits per heavy atom. The van der Waals surface area contributed by atoms with E-state index in [0.717, 1.165) is 37.9 Å². The molecule has 0 unspecified atom stereocenters. The molecule has 0 aromatic carbocycles. The maximum absolute atomic E-state index is 13.0. The number of thiazole rings is 2. The van der Waals surface area contributed by atoms with Crippen LogP contribution >= 0.6 is 22.7 Å². The van der Waals surface area contributed by atoms with Gasteiger partial charge < -0.3 is 10.3 Å². The molecule has 0 atom stereocenters. The molecule has 0 saturated carbocycles. The van der Waals surface area contributed by atoms with Crippen molar-refractivity contribution in [2.45, 2.75) is 13.0 Å². The van der Waals surface area contributed by atoms with Crippen LogP contribution in [0.25, 0.3) is 21.3 Å². The second kappa shape index (κ2) is 6.10. The summed E-state index contributed by atoms with van der Waals surface area (Å²) in [7, 11) is 1.87. The third-order valence-corrected chi connectivity index (χ3v) is 6.38. The van der Waals surface area contributed by atoms with E-state index in [0.29, 0.717) is 23.6 Å². The first-order chi connectivity index (χ1) is 13.1. The Bertz CT molecular complexity index is 1300. The molecule has 0 aliphatic carbocycles. The van der Waals surface area contributed by atoms with Gasteiger partial charge in [-0.15, -0.1) is 22.7 Å². The Kier molecular flexibility index (Phi) is 3.69. The van der Waals surface area contributed by atoms with E-state index in [4.69, 9.17) is 10.7 Å². The number of hydrogen-bond acceptors (Lipinski definition) is 8. The molecule has 4 aromatic rings. The maximum Gasteiger partial charge on any atom is 0.291 e. The van der Waals surface area contributed by atoms with Gasteiger partial charge in [-0.05, 0) is 6.08 Å². The molecule has 10 heteroatoms. The molecule has 1 aliphatic rings. The zero-order valence-electron chi connectivity index (χ0n) is 14.4. The summed E-state index contributed by atoms with van der Waals surface area (Å²) in [5.74, 6) is 0. The third kappa shape index (κ3) is 2.68. The van der Waals surface area contributed by atoms with Gasteiger partial charge in [0.25, 0.3) is 5.56 Å². The molecule has 0 spiro atoms. The van der Waals surface area contributed by atoms with Gasteiger partial charge in [0.05, 0.1) is 24.0 Å². The van der Waals surface area contributed by atoms with Gasteiger partial charge in [-0.25, -0.2) is 14.6 Å². The largest absolute Gasteiger partial charge is 0.375 e. The Morgan fingerprint density at radius 2 is 2.19 bits per heavy atom. The quantitative estimate of drug-likeness (QED) is 0.567. The number of hydrogen-bond donors (Lipinski definition) is 1. The zero-order valence-corrected chi connectivity index (χ0v) is 16.0. The van der Waals surface area contributed by atoms with E-state index in [2.05, 4.69) is 15.1 Å². The smallest absolute Gasteiger partial charge is 0.291 e. The van der Waals surface area contributed by atoms with E-state index in [9.17, 15) is 4.79 Å². The second-order valence-electron chi connectivity index (χ2n) is 6.26. The molecular weight excluding hydrogens is 382 g/mol. The fraction of sp³-hybridized carbons (Fsp3) is 0.235. The summed E-state index contributed by atoms with van der Waals surface area (Å²) in [5.41, 5.74) is 8.00. The van der Waals surface area contributed by atoms with Gasteiger partial charge >= 0.3 is 0 Å². The van der Waals surface area contributed by atoms with Gasteiger partial charge in [-0.3, -0.25) is 9.79 Å². The number of rotatable bonds is 4. The molecule has 0 saturated heterocycles. The summed E-state index contributed by atoms with van der Waals surface area (Å²) in [6, 6.07) is 0. The van der Waals surface area contributed by atoms with Crippen molar-refractivity contribution < 1.29 is 0 Å². The van der Waals surface area contributed by atoms with Crippen LogP contribution in [-0.4, -0.2) is 36.6 Å². The number of aliphatic imine (C=N–C) groups is 1. The minimum atomic E-state index is -0.142. The van der Waals surface area contributed by atoms with Crippen molar-refractivity contribution in [3.8, 4) is 0 Å². The van der Waals surface area contributed by atoms with E-state index in [-0.39, 0.29) is 5.56 Å². The lowest BCUT2D eigenvalue weighted by Gasteiger charge is -2.03. The van der Waals surface area contributed by atoms with Crippen molar-refractivity contribution in [3.63, 3.8) is 0 Å². The Hall–Kier alpha value is -2.85. The summed E-state index contributed by atoms with van der Waals surface area (Å²) >= 11 is 2.95. The van der Waals surface area contributed by atoms with E-state index in [1.54, 1.807) is 23.7 Å². The Morgan fingerprint density at radius 3 is 2.93 bits per heavy atom. The van der Waals surface area contributed by atoms with Gasteiger partial charge in [0.15, 0.2) is 10.8 Å². The van der Waals surface area contributed by atoms with Crippen molar-refractivity contribution in [2.24, 2.45) is 12.0 Å². The van der Waals surface area contributed by atoms with Crippen molar-refractivity contribution >= 4 is 54.8 Å². The summed E-state index contributed by atoms with van der Waals surface area (Å²) < 4.78 is 4.29. The van der Waals surface area contributed by atoms with E-state index >= 15 is 0 Å². The molecule has 0 bridgehead atoms. The van der Waals surface area contributed by atoms with Crippen LogP contribution in [-0.2, 0) is 20.0 Å². The molecule has 136 valence electrons. The van der Waals surface area contributed by atoms with E-state index in [1.807, 2.05) is 23.8 Å². The Labute approximate surface area is 161 Å². The van der Waals surface area contributed by atoms with Gasteiger partial charge in [0.1, 0.15) is 10.5 Å². The molecule has 1 aliphatic heterocycles. The second-order valence-corrected chi connectivity index (χ2v) is 8.50. The monoisotopic (exact) mass is 397 g/mol. The van der Waals surface area contributed by atoms with Crippen molar-refractivity contribution in [1.29, 1.82) is 0 Å². The van der Waals surface area contributed by atoms with E-state index < -0.39 is 0 Å². The van der Waals surface area contributed by atoms with Crippen LogP contribution in [0, 0.1) is 0 Å². The lowest BCUT2D eigenvalue weighted by atomic mass is 10.3. The number of aryl methyl sites for hydroxylation is 1. The standard InChI is InChI=1S/C17H15N7OS2/c1-23-13-11(7-21-24(16(13)25)8-10-6-20-17(18)26-10)14-15(23)22-12(27-14)5-9-3-2-4-19-9/h2-3,6-7H,4-5,8H2,1H3,(H2,18,20). The maximum atomic E-state index is 13.0. The molecule has 8 nitrogen and oxygen atoms in total. The van der Waals surface area contributed by atoms with Crippen LogP contribution in [0.3, 0.4) is 0 Å². The Balaban J connectivity index is 1.59. The van der Waals surface area contributed by atoms with Gasteiger partial charge in [-0.2, -0.15) is 5.10 Å². The van der Waals surface area contributed by atoms with E-state index in [1.165, 1.54) is 16.0 Å². The highest BCUT2D eigenvalue weighted by molar-refractivity contribution is 7.19.